The molecule has 3 nitrogen and oxygen atoms in total. The first-order chi connectivity index (χ1) is 7.33. The lowest BCUT2D eigenvalue weighted by Gasteiger charge is -2.38. The van der Waals surface area contributed by atoms with Crippen LogP contribution in [0.1, 0.15) is 38.5 Å². The van der Waals surface area contributed by atoms with Crippen LogP contribution in [0, 0.1) is 0 Å². The monoisotopic (exact) mass is 212 g/mol. The fourth-order valence-corrected chi connectivity index (χ4v) is 2.84. The van der Waals surface area contributed by atoms with Crippen molar-refractivity contribution in [2.24, 2.45) is 0 Å². The van der Waals surface area contributed by atoms with Gasteiger partial charge in [-0.3, -0.25) is 4.90 Å². The highest BCUT2D eigenvalue weighted by Gasteiger charge is 2.35. The van der Waals surface area contributed by atoms with Crippen LogP contribution in [0.3, 0.4) is 0 Å². The summed E-state index contributed by atoms with van der Waals surface area (Å²) in [6, 6.07) is 2.17. The Kier molecular flexibility index (Phi) is 4.00. The first kappa shape index (κ1) is 11.4. The van der Waals surface area contributed by atoms with Gasteiger partial charge < -0.3 is 10.4 Å². The SMILES string of the molecule is CN(C1CC1)[C@H]1CCCC[C@H]1NCCO. The molecule has 0 aliphatic heterocycles. The van der Waals surface area contributed by atoms with E-state index in [1.54, 1.807) is 0 Å². The minimum Gasteiger partial charge on any atom is -0.395 e. The van der Waals surface area contributed by atoms with Crippen LogP contribution in [-0.4, -0.2) is 48.3 Å². The highest BCUT2D eigenvalue weighted by molar-refractivity contribution is 4.93. The van der Waals surface area contributed by atoms with Gasteiger partial charge in [-0.2, -0.15) is 0 Å². The van der Waals surface area contributed by atoms with E-state index in [-0.39, 0.29) is 6.61 Å². The van der Waals surface area contributed by atoms with Crippen LogP contribution in [0.25, 0.3) is 0 Å². The third kappa shape index (κ3) is 2.92. The van der Waals surface area contributed by atoms with E-state index >= 15 is 0 Å². The number of aliphatic hydroxyl groups is 1. The Balaban J connectivity index is 1.86. The molecule has 0 bridgehead atoms. The molecule has 0 unspecified atom stereocenters. The Hall–Kier alpha value is -0.120. The molecule has 0 aromatic rings. The molecule has 2 aliphatic carbocycles. The smallest absolute Gasteiger partial charge is 0.0556 e. The Labute approximate surface area is 92.8 Å². The molecule has 0 spiro atoms. The lowest BCUT2D eigenvalue weighted by atomic mass is 9.89. The fourth-order valence-electron chi connectivity index (χ4n) is 2.84. The van der Waals surface area contributed by atoms with Crippen LogP contribution >= 0.6 is 0 Å². The molecule has 2 saturated carbocycles. The van der Waals surface area contributed by atoms with Crippen molar-refractivity contribution < 1.29 is 5.11 Å². The van der Waals surface area contributed by atoms with E-state index in [2.05, 4.69) is 17.3 Å². The van der Waals surface area contributed by atoms with E-state index in [1.807, 2.05) is 0 Å². The fraction of sp³-hybridized carbons (Fsp3) is 1.00. The van der Waals surface area contributed by atoms with Gasteiger partial charge >= 0.3 is 0 Å². The molecule has 0 heterocycles. The second-order valence-corrected chi connectivity index (χ2v) is 5.03. The number of aliphatic hydroxyl groups excluding tert-OH is 1. The van der Waals surface area contributed by atoms with Gasteiger partial charge in [0.2, 0.25) is 0 Å². The molecule has 2 rings (SSSR count). The summed E-state index contributed by atoms with van der Waals surface area (Å²) in [7, 11) is 2.28. The van der Waals surface area contributed by atoms with Crippen LogP contribution in [0.15, 0.2) is 0 Å². The van der Waals surface area contributed by atoms with E-state index in [0.717, 1.165) is 12.6 Å². The van der Waals surface area contributed by atoms with E-state index < -0.39 is 0 Å². The molecule has 0 radical (unpaired) electrons. The second kappa shape index (κ2) is 5.28. The Morgan fingerprint density at radius 2 is 1.93 bits per heavy atom. The molecule has 0 amide bonds. The summed E-state index contributed by atoms with van der Waals surface area (Å²) in [6.45, 7) is 1.01. The summed E-state index contributed by atoms with van der Waals surface area (Å²) < 4.78 is 0. The average molecular weight is 212 g/mol. The van der Waals surface area contributed by atoms with Crippen molar-refractivity contribution >= 4 is 0 Å². The van der Waals surface area contributed by atoms with Crippen LogP contribution in [-0.2, 0) is 0 Å². The molecule has 3 heteroatoms. The van der Waals surface area contributed by atoms with Crippen molar-refractivity contribution in [1.29, 1.82) is 0 Å². The molecular formula is C12H24N2O. The zero-order chi connectivity index (χ0) is 10.7. The van der Waals surface area contributed by atoms with Crippen LogP contribution in [0.2, 0.25) is 0 Å². The van der Waals surface area contributed by atoms with Gasteiger partial charge in [-0.15, -0.1) is 0 Å². The maximum absolute atomic E-state index is 8.87. The number of hydrogen-bond donors (Lipinski definition) is 2. The van der Waals surface area contributed by atoms with E-state index in [9.17, 15) is 0 Å². The zero-order valence-corrected chi connectivity index (χ0v) is 9.78. The lowest BCUT2D eigenvalue weighted by molar-refractivity contribution is 0.137. The molecule has 0 aromatic heterocycles. The van der Waals surface area contributed by atoms with Gasteiger partial charge in [0, 0.05) is 24.7 Å². The van der Waals surface area contributed by atoms with E-state index in [4.69, 9.17) is 5.11 Å². The number of nitrogens with zero attached hydrogens (tertiary/aromatic N) is 1. The maximum atomic E-state index is 8.87. The molecule has 2 atom stereocenters. The van der Waals surface area contributed by atoms with Crippen molar-refractivity contribution in [3.8, 4) is 0 Å². The summed E-state index contributed by atoms with van der Waals surface area (Å²) in [4.78, 5) is 2.58. The minimum atomic E-state index is 0.260. The van der Waals surface area contributed by atoms with Crippen molar-refractivity contribution in [3.05, 3.63) is 0 Å². The van der Waals surface area contributed by atoms with Gasteiger partial charge in [0.15, 0.2) is 0 Å². The van der Waals surface area contributed by atoms with Crippen molar-refractivity contribution in [2.45, 2.75) is 56.7 Å². The third-order valence-corrected chi connectivity index (χ3v) is 3.89. The van der Waals surface area contributed by atoms with Crippen molar-refractivity contribution in [1.82, 2.24) is 10.2 Å². The average Bonchev–Trinajstić information content (AvgIpc) is 3.09. The molecule has 0 saturated heterocycles. The molecular weight excluding hydrogens is 188 g/mol. The van der Waals surface area contributed by atoms with Crippen molar-refractivity contribution in [2.75, 3.05) is 20.2 Å². The largest absolute Gasteiger partial charge is 0.395 e. The Morgan fingerprint density at radius 1 is 1.20 bits per heavy atom. The molecule has 2 aliphatic rings. The summed E-state index contributed by atoms with van der Waals surface area (Å²) in [5, 5.41) is 12.4. The second-order valence-electron chi connectivity index (χ2n) is 5.03. The first-order valence-corrected chi connectivity index (χ1v) is 6.39. The first-order valence-electron chi connectivity index (χ1n) is 6.39. The van der Waals surface area contributed by atoms with E-state index in [0.29, 0.717) is 12.1 Å². The number of hydrogen-bond acceptors (Lipinski definition) is 3. The summed E-state index contributed by atoms with van der Waals surface area (Å²) in [6.07, 6.45) is 8.11. The van der Waals surface area contributed by atoms with Gasteiger partial charge in [0.1, 0.15) is 0 Å². The Morgan fingerprint density at radius 3 is 2.60 bits per heavy atom. The molecule has 2 fully saturated rings. The molecule has 15 heavy (non-hydrogen) atoms. The quantitative estimate of drug-likeness (QED) is 0.713. The number of nitrogens with one attached hydrogen (secondary N) is 1. The van der Waals surface area contributed by atoms with Gasteiger partial charge in [-0.25, -0.2) is 0 Å². The topological polar surface area (TPSA) is 35.5 Å². The van der Waals surface area contributed by atoms with Crippen LogP contribution in [0.4, 0.5) is 0 Å². The van der Waals surface area contributed by atoms with Gasteiger partial charge in [0.25, 0.3) is 0 Å². The molecule has 2 N–H and O–H groups in total. The summed E-state index contributed by atoms with van der Waals surface area (Å²) in [5.74, 6) is 0. The number of likely N-dealkylation sites (N-methyl/N-ethyl adjacent to an activating group) is 1. The van der Waals surface area contributed by atoms with Gasteiger partial charge in [0.05, 0.1) is 6.61 Å². The van der Waals surface area contributed by atoms with E-state index in [1.165, 1.54) is 38.5 Å². The molecule has 88 valence electrons. The lowest BCUT2D eigenvalue weighted by Crippen LogP contribution is -2.51. The standard InChI is InChI=1S/C12H24N2O/c1-14(10-6-7-10)12-5-3-2-4-11(12)13-8-9-15/h10-13,15H,2-9H2,1H3/t11-,12+/m1/s1. The maximum Gasteiger partial charge on any atom is 0.0556 e. The summed E-state index contributed by atoms with van der Waals surface area (Å²) >= 11 is 0. The third-order valence-electron chi connectivity index (χ3n) is 3.89. The highest BCUT2D eigenvalue weighted by Crippen LogP contribution is 2.32. The van der Waals surface area contributed by atoms with Gasteiger partial charge in [-0.05, 0) is 32.7 Å². The highest BCUT2D eigenvalue weighted by atomic mass is 16.3. The zero-order valence-electron chi connectivity index (χ0n) is 9.78. The molecule has 0 aromatic carbocycles. The Bertz CT molecular complexity index is 194. The summed E-state index contributed by atoms with van der Waals surface area (Å²) in [5.41, 5.74) is 0. The predicted molar refractivity (Wildman–Crippen MR) is 61.9 cm³/mol. The van der Waals surface area contributed by atoms with Crippen molar-refractivity contribution in [3.63, 3.8) is 0 Å². The minimum absolute atomic E-state index is 0.260. The van der Waals surface area contributed by atoms with Gasteiger partial charge in [-0.1, -0.05) is 12.8 Å². The predicted octanol–water partition coefficient (Wildman–Crippen LogP) is 0.974. The van der Waals surface area contributed by atoms with Crippen LogP contribution < -0.4 is 5.32 Å². The van der Waals surface area contributed by atoms with Crippen LogP contribution in [0.5, 0.6) is 0 Å². The number of rotatable bonds is 5. The normalized spacial score (nSPS) is 32.2.